The van der Waals surface area contributed by atoms with Gasteiger partial charge in [0.15, 0.2) is 0 Å². The van der Waals surface area contributed by atoms with E-state index in [1.165, 1.54) is 24.3 Å². The van der Waals surface area contributed by atoms with Crippen molar-refractivity contribution in [1.82, 2.24) is 4.90 Å². The molecule has 0 saturated carbocycles. The first kappa shape index (κ1) is 12.9. The number of nitrogens with zero attached hydrogens (tertiary/aromatic N) is 1. The third-order valence-electron chi connectivity index (χ3n) is 2.69. The molecule has 2 rings (SSSR count). The van der Waals surface area contributed by atoms with Crippen LogP contribution in [-0.2, 0) is 9.59 Å². The minimum Gasteiger partial charge on any atom is -0.508 e. The molecule has 0 aromatic heterocycles. The van der Waals surface area contributed by atoms with E-state index in [1.54, 1.807) is 31.1 Å². The lowest BCUT2D eigenvalue weighted by atomic mass is 10.1. The maximum Gasteiger partial charge on any atom is 0.204 e. The summed E-state index contributed by atoms with van der Waals surface area (Å²) in [4.78, 5) is 25.3. The predicted molar refractivity (Wildman–Crippen MR) is 71.6 cm³/mol. The van der Waals surface area contributed by atoms with Crippen LogP contribution in [0.15, 0.2) is 47.8 Å². The zero-order valence-corrected chi connectivity index (χ0v) is 10.7. The number of likely N-dealkylation sites (N-methyl/N-ethyl adjacent to an activating group) is 1. The van der Waals surface area contributed by atoms with Gasteiger partial charge in [-0.25, -0.2) is 0 Å². The largest absolute Gasteiger partial charge is 0.508 e. The molecule has 0 spiro atoms. The minimum absolute atomic E-state index is 0.139. The first-order valence-corrected chi connectivity index (χ1v) is 5.73. The summed E-state index contributed by atoms with van der Waals surface area (Å²) in [5.74, 6) is -0.331. The summed E-state index contributed by atoms with van der Waals surface area (Å²) in [7, 11) is 3.42. The molecular formula is C14H14N2O3. The van der Waals surface area contributed by atoms with Crippen LogP contribution in [0.2, 0.25) is 0 Å². The molecule has 2 N–H and O–H groups in total. The van der Waals surface area contributed by atoms with E-state index < -0.39 is 0 Å². The Bertz CT molecular complexity index is 583. The molecule has 0 heterocycles. The number of carbonyl (C=O) groups excluding carboxylic acids is 2. The van der Waals surface area contributed by atoms with Gasteiger partial charge >= 0.3 is 0 Å². The Morgan fingerprint density at radius 2 is 1.63 bits per heavy atom. The standard InChI is InChI=1S/C14H14N2O3/c1-16(2)12-8-13(18)11(7-14(12)19)15-9-3-5-10(17)6-4-9/h3-8,15,17H,1-2H3. The van der Waals surface area contributed by atoms with Crippen molar-refractivity contribution >= 4 is 17.3 Å². The third-order valence-corrected chi connectivity index (χ3v) is 2.69. The Hall–Kier alpha value is -2.56. The van der Waals surface area contributed by atoms with E-state index in [2.05, 4.69) is 5.32 Å². The highest BCUT2D eigenvalue weighted by Gasteiger charge is 2.21. The fraction of sp³-hybridized carbons (Fsp3) is 0.143. The number of rotatable bonds is 3. The van der Waals surface area contributed by atoms with Gasteiger partial charge in [0.2, 0.25) is 11.6 Å². The molecule has 1 aliphatic carbocycles. The summed E-state index contributed by atoms with van der Waals surface area (Å²) in [6.07, 6.45) is 2.59. The molecule has 0 amide bonds. The summed E-state index contributed by atoms with van der Waals surface area (Å²) in [6.45, 7) is 0. The van der Waals surface area contributed by atoms with E-state index in [0.717, 1.165) is 0 Å². The number of ketones is 2. The van der Waals surface area contributed by atoms with Crippen LogP contribution in [0.3, 0.4) is 0 Å². The van der Waals surface area contributed by atoms with Crippen molar-refractivity contribution in [1.29, 1.82) is 0 Å². The molecule has 1 aliphatic rings. The molecule has 0 unspecified atom stereocenters. The predicted octanol–water partition coefficient (Wildman–Crippen LogP) is 1.29. The number of nitrogens with one attached hydrogen (secondary N) is 1. The minimum atomic E-state index is -0.253. The Kier molecular flexibility index (Phi) is 3.37. The molecular weight excluding hydrogens is 244 g/mol. The summed E-state index contributed by atoms with van der Waals surface area (Å²) >= 11 is 0. The average Bonchev–Trinajstić information content (AvgIpc) is 2.35. The fourth-order valence-electron chi connectivity index (χ4n) is 1.70. The molecule has 98 valence electrons. The van der Waals surface area contributed by atoms with E-state index in [-0.39, 0.29) is 23.0 Å². The van der Waals surface area contributed by atoms with Crippen LogP contribution < -0.4 is 5.32 Å². The summed E-state index contributed by atoms with van der Waals surface area (Å²) < 4.78 is 0. The first-order chi connectivity index (χ1) is 8.97. The molecule has 1 aromatic carbocycles. The topological polar surface area (TPSA) is 69.6 Å². The van der Waals surface area contributed by atoms with Crippen LogP contribution in [-0.4, -0.2) is 35.7 Å². The quantitative estimate of drug-likeness (QED) is 0.631. The summed E-state index contributed by atoms with van der Waals surface area (Å²) in [5, 5.41) is 12.0. The van der Waals surface area contributed by atoms with Crippen LogP contribution in [0.25, 0.3) is 0 Å². The van der Waals surface area contributed by atoms with Gasteiger partial charge in [0, 0.05) is 31.9 Å². The lowest BCUT2D eigenvalue weighted by Gasteiger charge is -2.19. The van der Waals surface area contributed by atoms with Crippen LogP contribution in [0, 0.1) is 0 Å². The molecule has 1 aromatic rings. The van der Waals surface area contributed by atoms with Crippen LogP contribution in [0.5, 0.6) is 5.75 Å². The Morgan fingerprint density at radius 3 is 2.21 bits per heavy atom. The van der Waals surface area contributed by atoms with E-state index in [9.17, 15) is 14.7 Å². The average molecular weight is 258 g/mol. The summed E-state index contributed by atoms with van der Waals surface area (Å²) in [6, 6.07) is 6.25. The second kappa shape index (κ2) is 4.97. The molecule has 5 nitrogen and oxygen atoms in total. The molecule has 0 saturated heterocycles. The smallest absolute Gasteiger partial charge is 0.204 e. The van der Waals surface area contributed by atoms with E-state index in [4.69, 9.17) is 0 Å². The number of phenolic OH excluding ortho intramolecular Hbond substituents is 1. The molecule has 0 fully saturated rings. The van der Waals surface area contributed by atoms with Crippen LogP contribution >= 0.6 is 0 Å². The summed E-state index contributed by atoms with van der Waals surface area (Å²) in [5.41, 5.74) is 1.22. The van der Waals surface area contributed by atoms with Crippen molar-refractivity contribution in [2.45, 2.75) is 0 Å². The van der Waals surface area contributed by atoms with Gasteiger partial charge in [0.05, 0.1) is 11.4 Å². The Morgan fingerprint density at radius 1 is 1.00 bits per heavy atom. The second-order valence-corrected chi connectivity index (χ2v) is 4.38. The maximum atomic E-state index is 11.9. The first-order valence-electron chi connectivity index (χ1n) is 5.73. The molecule has 0 bridgehead atoms. The molecule has 0 aliphatic heterocycles. The van der Waals surface area contributed by atoms with Crippen molar-refractivity contribution in [3.05, 3.63) is 47.8 Å². The Labute approximate surface area is 110 Å². The van der Waals surface area contributed by atoms with Crippen molar-refractivity contribution in [2.75, 3.05) is 19.4 Å². The van der Waals surface area contributed by atoms with Gasteiger partial charge in [0.25, 0.3) is 0 Å². The van der Waals surface area contributed by atoms with Gasteiger partial charge in [-0.15, -0.1) is 0 Å². The number of carbonyl (C=O) groups is 2. The van der Waals surface area contributed by atoms with Crippen molar-refractivity contribution in [3.63, 3.8) is 0 Å². The van der Waals surface area contributed by atoms with Crippen molar-refractivity contribution < 1.29 is 14.7 Å². The monoisotopic (exact) mass is 258 g/mol. The van der Waals surface area contributed by atoms with E-state index in [1.807, 2.05) is 0 Å². The Balaban J connectivity index is 2.19. The SMILES string of the molecule is CN(C)C1=CC(=O)C(Nc2ccc(O)cc2)=CC1=O. The van der Waals surface area contributed by atoms with E-state index >= 15 is 0 Å². The number of hydrogen-bond donors (Lipinski definition) is 2. The van der Waals surface area contributed by atoms with Crippen molar-refractivity contribution in [2.24, 2.45) is 0 Å². The van der Waals surface area contributed by atoms with Crippen molar-refractivity contribution in [3.8, 4) is 5.75 Å². The number of phenols is 1. The molecule has 5 heteroatoms. The highest BCUT2D eigenvalue weighted by Crippen LogP contribution is 2.19. The lowest BCUT2D eigenvalue weighted by Crippen LogP contribution is -2.25. The zero-order chi connectivity index (χ0) is 14.0. The van der Waals surface area contributed by atoms with Crippen LogP contribution in [0.1, 0.15) is 0 Å². The van der Waals surface area contributed by atoms with Gasteiger partial charge in [-0.05, 0) is 24.3 Å². The highest BCUT2D eigenvalue weighted by molar-refractivity contribution is 6.20. The lowest BCUT2D eigenvalue weighted by molar-refractivity contribution is -0.116. The number of benzene rings is 1. The van der Waals surface area contributed by atoms with Gasteiger partial charge in [-0.3, -0.25) is 9.59 Å². The van der Waals surface area contributed by atoms with Gasteiger partial charge in [-0.2, -0.15) is 0 Å². The van der Waals surface area contributed by atoms with Gasteiger partial charge in [0.1, 0.15) is 5.75 Å². The molecule has 19 heavy (non-hydrogen) atoms. The number of hydrogen-bond acceptors (Lipinski definition) is 5. The van der Waals surface area contributed by atoms with E-state index in [0.29, 0.717) is 11.4 Å². The number of aromatic hydroxyl groups is 1. The second-order valence-electron chi connectivity index (χ2n) is 4.38. The molecule has 0 atom stereocenters. The van der Waals surface area contributed by atoms with Gasteiger partial charge in [-0.1, -0.05) is 0 Å². The highest BCUT2D eigenvalue weighted by atomic mass is 16.3. The normalized spacial score (nSPS) is 14.8. The number of allylic oxidation sites excluding steroid dienone is 2. The third kappa shape index (κ3) is 2.82. The molecule has 0 radical (unpaired) electrons. The number of anilines is 1. The van der Waals surface area contributed by atoms with Gasteiger partial charge < -0.3 is 15.3 Å². The van der Waals surface area contributed by atoms with Crippen LogP contribution in [0.4, 0.5) is 5.69 Å². The zero-order valence-electron chi connectivity index (χ0n) is 10.7. The fourth-order valence-corrected chi connectivity index (χ4v) is 1.70. The maximum absolute atomic E-state index is 11.9.